The van der Waals surface area contributed by atoms with Gasteiger partial charge in [0.15, 0.2) is 11.5 Å². The molecule has 0 spiro atoms. The fourth-order valence-electron chi connectivity index (χ4n) is 1.39. The standard InChI is InChI=1S/C14H20O4/c1-11(15)7-9-18-8-3-4-12-5-6-13(16)14(10-12)17-2/h3-6,10-11,15-16H,7-9H2,1-2H3. The number of ether oxygens (including phenoxy) is 2. The average Bonchev–Trinajstić information content (AvgIpc) is 2.35. The van der Waals surface area contributed by atoms with Crippen LogP contribution in [0.3, 0.4) is 0 Å². The molecule has 0 saturated heterocycles. The Bertz CT molecular complexity index is 385. The van der Waals surface area contributed by atoms with Gasteiger partial charge in [-0.3, -0.25) is 0 Å². The molecule has 0 bridgehead atoms. The highest BCUT2D eigenvalue weighted by atomic mass is 16.5. The number of rotatable bonds is 7. The minimum absolute atomic E-state index is 0.128. The first-order valence-corrected chi connectivity index (χ1v) is 5.93. The molecule has 4 heteroatoms. The lowest BCUT2D eigenvalue weighted by atomic mass is 10.2. The summed E-state index contributed by atoms with van der Waals surface area (Å²) in [5, 5.41) is 18.5. The first-order chi connectivity index (χ1) is 8.63. The largest absolute Gasteiger partial charge is 0.504 e. The molecule has 4 nitrogen and oxygen atoms in total. The minimum Gasteiger partial charge on any atom is -0.504 e. The Morgan fingerprint density at radius 1 is 1.39 bits per heavy atom. The number of hydrogen-bond donors (Lipinski definition) is 2. The normalized spacial score (nSPS) is 12.8. The number of phenols is 1. The van der Waals surface area contributed by atoms with Crippen LogP contribution < -0.4 is 4.74 Å². The van der Waals surface area contributed by atoms with Gasteiger partial charge in [-0.2, -0.15) is 0 Å². The topological polar surface area (TPSA) is 58.9 Å². The third kappa shape index (κ3) is 5.21. The Hall–Kier alpha value is -1.52. The quantitative estimate of drug-likeness (QED) is 0.730. The summed E-state index contributed by atoms with van der Waals surface area (Å²) >= 11 is 0. The summed E-state index contributed by atoms with van der Waals surface area (Å²) in [5.74, 6) is 0.579. The van der Waals surface area contributed by atoms with Crippen molar-refractivity contribution in [3.05, 3.63) is 29.8 Å². The molecule has 1 aromatic carbocycles. The van der Waals surface area contributed by atoms with Crippen molar-refractivity contribution in [1.29, 1.82) is 0 Å². The fraction of sp³-hybridized carbons (Fsp3) is 0.429. The maximum atomic E-state index is 9.43. The van der Waals surface area contributed by atoms with Gasteiger partial charge in [0.1, 0.15) is 0 Å². The van der Waals surface area contributed by atoms with Gasteiger partial charge < -0.3 is 19.7 Å². The molecule has 0 aromatic heterocycles. The summed E-state index contributed by atoms with van der Waals surface area (Å²) < 4.78 is 10.3. The highest BCUT2D eigenvalue weighted by molar-refractivity contribution is 5.55. The van der Waals surface area contributed by atoms with Crippen molar-refractivity contribution in [1.82, 2.24) is 0 Å². The number of phenolic OH excluding ortho intramolecular Hbond substituents is 1. The van der Waals surface area contributed by atoms with E-state index in [4.69, 9.17) is 14.6 Å². The molecule has 0 saturated carbocycles. The van der Waals surface area contributed by atoms with Gasteiger partial charge in [-0.25, -0.2) is 0 Å². The molecular formula is C14H20O4. The molecule has 1 aromatic rings. The van der Waals surface area contributed by atoms with Crippen LogP contribution in [0.25, 0.3) is 6.08 Å². The first-order valence-electron chi connectivity index (χ1n) is 5.93. The van der Waals surface area contributed by atoms with E-state index in [0.717, 1.165) is 5.56 Å². The van der Waals surface area contributed by atoms with Gasteiger partial charge in [-0.05, 0) is 31.0 Å². The summed E-state index contributed by atoms with van der Waals surface area (Å²) in [5.41, 5.74) is 0.934. The highest BCUT2D eigenvalue weighted by Gasteiger charge is 2.00. The molecule has 1 rings (SSSR count). The summed E-state index contributed by atoms with van der Waals surface area (Å²) in [6, 6.07) is 5.14. The van der Waals surface area contributed by atoms with E-state index in [-0.39, 0.29) is 11.9 Å². The number of benzene rings is 1. The number of aliphatic hydroxyl groups excluding tert-OH is 1. The Kier molecular flexibility index (Phi) is 6.25. The molecule has 0 amide bonds. The van der Waals surface area contributed by atoms with Crippen molar-refractivity contribution in [2.45, 2.75) is 19.4 Å². The monoisotopic (exact) mass is 252 g/mol. The number of hydrogen-bond acceptors (Lipinski definition) is 4. The Labute approximate surface area is 107 Å². The van der Waals surface area contributed by atoms with Crippen LogP contribution in [0.1, 0.15) is 18.9 Å². The first kappa shape index (κ1) is 14.5. The molecule has 1 unspecified atom stereocenters. The molecule has 0 radical (unpaired) electrons. The SMILES string of the molecule is COc1cc(C=CCOCCC(C)O)ccc1O. The second kappa shape index (κ2) is 7.74. The van der Waals surface area contributed by atoms with E-state index in [0.29, 0.717) is 25.4 Å². The molecule has 0 fully saturated rings. The third-order valence-corrected chi connectivity index (χ3v) is 2.41. The van der Waals surface area contributed by atoms with E-state index in [2.05, 4.69) is 0 Å². The zero-order valence-electron chi connectivity index (χ0n) is 10.8. The van der Waals surface area contributed by atoms with Crippen molar-refractivity contribution in [2.24, 2.45) is 0 Å². The Balaban J connectivity index is 2.38. The van der Waals surface area contributed by atoms with E-state index >= 15 is 0 Å². The average molecular weight is 252 g/mol. The smallest absolute Gasteiger partial charge is 0.161 e. The zero-order chi connectivity index (χ0) is 13.4. The van der Waals surface area contributed by atoms with Crippen molar-refractivity contribution in [2.75, 3.05) is 20.3 Å². The lowest BCUT2D eigenvalue weighted by Gasteiger charge is -2.04. The minimum atomic E-state index is -0.324. The van der Waals surface area contributed by atoms with E-state index in [9.17, 15) is 5.11 Å². The number of methoxy groups -OCH3 is 1. The van der Waals surface area contributed by atoms with Gasteiger partial charge in [-0.15, -0.1) is 0 Å². The zero-order valence-corrected chi connectivity index (χ0v) is 10.8. The van der Waals surface area contributed by atoms with Gasteiger partial charge in [0.05, 0.1) is 19.8 Å². The third-order valence-electron chi connectivity index (χ3n) is 2.41. The molecule has 2 N–H and O–H groups in total. The summed E-state index contributed by atoms with van der Waals surface area (Å²) in [4.78, 5) is 0. The number of aliphatic hydroxyl groups is 1. The molecule has 0 aliphatic carbocycles. The van der Waals surface area contributed by atoms with Crippen LogP contribution in [0.4, 0.5) is 0 Å². The molecule has 1 atom stereocenters. The number of aromatic hydroxyl groups is 1. The second-order valence-corrected chi connectivity index (χ2v) is 4.05. The van der Waals surface area contributed by atoms with Crippen LogP contribution in [0.5, 0.6) is 11.5 Å². The Morgan fingerprint density at radius 2 is 2.17 bits per heavy atom. The summed E-state index contributed by atoms with van der Waals surface area (Å²) in [6.07, 6.45) is 4.09. The highest BCUT2D eigenvalue weighted by Crippen LogP contribution is 2.26. The van der Waals surface area contributed by atoms with Gasteiger partial charge >= 0.3 is 0 Å². The fourth-order valence-corrected chi connectivity index (χ4v) is 1.39. The van der Waals surface area contributed by atoms with E-state index in [1.807, 2.05) is 12.2 Å². The Morgan fingerprint density at radius 3 is 2.83 bits per heavy atom. The van der Waals surface area contributed by atoms with E-state index in [1.54, 1.807) is 25.1 Å². The van der Waals surface area contributed by atoms with Gasteiger partial charge in [0, 0.05) is 6.61 Å². The van der Waals surface area contributed by atoms with E-state index in [1.165, 1.54) is 7.11 Å². The van der Waals surface area contributed by atoms with Crippen molar-refractivity contribution in [3.8, 4) is 11.5 Å². The van der Waals surface area contributed by atoms with Crippen molar-refractivity contribution >= 4 is 6.08 Å². The lowest BCUT2D eigenvalue weighted by Crippen LogP contribution is -2.05. The molecule has 18 heavy (non-hydrogen) atoms. The van der Waals surface area contributed by atoms with Crippen LogP contribution in [0.15, 0.2) is 24.3 Å². The predicted octanol–water partition coefficient (Wildman–Crippen LogP) is 2.20. The molecular weight excluding hydrogens is 232 g/mol. The second-order valence-electron chi connectivity index (χ2n) is 4.05. The van der Waals surface area contributed by atoms with Crippen molar-refractivity contribution in [3.63, 3.8) is 0 Å². The van der Waals surface area contributed by atoms with Crippen LogP contribution in [-0.2, 0) is 4.74 Å². The predicted molar refractivity (Wildman–Crippen MR) is 70.8 cm³/mol. The van der Waals surface area contributed by atoms with Gasteiger partial charge in [-0.1, -0.05) is 18.2 Å². The van der Waals surface area contributed by atoms with Gasteiger partial charge in [0.25, 0.3) is 0 Å². The molecule has 0 aliphatic heterocycles. The summed E-state index contributed by atoms with van der Waals surface area (Å²) in [7, 11) is 1.52. The van der Waals surface area contributed by atoms with Crippen LogP contribution >= 0.6 is 0 Å². The van der Waals surface area contributed by atoms with Crippen LogP contribution in [-0.4, -0.2) is 36.6 Å². The van der Waals surface area contributed by atoms with Crippen LogP contribution in [0.2, 0.25) is 0 Å². The maximum absolute atomic E-state index is 9.43. The summed E-state index contributed by atoms with van der Waals surface area (Å²) in [6.45, 7) is 2.78. The van der Waals surface area contributed by atoms with Crippen LogP contribution in [0, 0.1) is 0 Å². The van der Waals surface area contributed by atoms with Gasteiger partial charge in [0.2, 0.25) is 0 Å². The molecule has 0 aliphatic rings. The van der Waals surface area contributed by atoms with E-state index < -0.39 is 0 Å². The lowest BCUT2D eigenvalue weighted by molar-refractivity contribution is 0.105. The molecule has 100 valence electrons. The maximum Gasteiger partial charge on any atom is 0.161 e. The van der Waals surface area contributed by atoms with Crippen molar-refractivity contribution < 1.29 is 19.7 Å². The molecule has 0 heterocycles.